The summed E-state index contributed by atoms with van der Waals surface area (Å²) in [7, 11) is 0. The summed E-state index contributed by atoms with van der Waals surface area (Å²) >= 11 is 0. The molecule has 0 bridgehead atoms. The molecular formula is C13H26N4O2. The molecule has 0 aromatic rings. The molecule has 1 aliphatic heterocycles. The first-order valence-electron chi connectivity index (χ1n) is 7.16. The van der Waals surface area contributed by atoms with Crippen LogP contribution in [0, 0.1) is 5.92 Å². The van der Waals surface area contributed by atoms with Gasteiger partial charge in [-0.1, -0.05) is 18.5 Å². The van der Waals surface area contributed by atoms with Crippen molar-refractivity contribution in [1.82, 2.24) is 10.2 Å². The van der Waals surface area contributed by atoms with E-state index >= 15 is 0 Å². The van der Waals surface area contributed by atoms with Crippen LogP contribution in [0.5, 0.6) is 0 Å². The van der Waals surface area contributed by atoms with Crippen molar-refractivity contribution in [2.75, 3.05) is 26.2 Å². The normalized spacial score (nSPS) is 18.5. The van der Waals surface area contributed by atoms with Crippen LogP contribution in [-0.2, 0) is 4.79 Å². The molecule has 0 radical (unpaired) electrons. The summed E-state index contributed by atoms with van der Waals surface area (Å²) in [5.41, 5.74) is 5.54. The second-order valence-corrected chi connectivity index (χ2v) is 5.06. The molecule has 1 fully saturated rings. The van der Waals surface area contributed by atoms with Crippen LogP contribution in [0.25, 0.3) is 0 Å². The van der Waals surface area contributed by atoms with Crippen LogP contribution in [0.4, 0.5) is 0 Å². The van der Waals surface area contributed by atoms with Crippen LogP contribution in [0.15, 0.2) is 5.16 Å². The Hall–Kier alpha value is -1.30. The molecule has 19 heavy (non-hydrogen) atoms. The Balaban J connectivity index is 2.23. The zero-order valence-corrected chi connectivity index (χ0v) is 11.8. The fourth-order valence-electron chi connectivity index (χ4n) is 2.42. The van der Waals surface area contributed by atoms with E-state index in [1.54, 1.807) is 0 Å². The lowest BCUT2D eigenvalue weighted by Crippen LogP contribution is -2.39. The molecule has 0 aromatic carbocycles. The zero-order chi connectivity index (χ0) is 14.1. The summed E-state index contributed by atoms with van der Waals surface area (Å²) in [6.45, 7) is 6.00. The third kappa shape index (κ3) is 5.46. The SMILES string of the molecule is CCCC(C(=O)NCCCN1CCCC1)C(N)=NO. The molecule has 1 amide bonds. The van der Waals surface area contributed by atoms with E-state index in [0.717, 1.165) is 19.4 Å². The largest absolute Gasteiger partial charge is 0.409 e. The minimum Gasteiger partial charge on any atom is -0.409 e. The molecule has 0 spiro atoms. The first kappa shape index (κ1) is 15.8. The maximum Gasteiger partial charge on any atom is 0.230 e. The maximum atomic E-state index is 11.9. The molecule has 1 heterocycles. The Morgan fingerprint density at radius 2 is 2.16 bits per heavy atom. The number of hydrogen-bond acceptors (Lipinski definition) is 4. The van der Waals surface area contributed by atoms with Gasteiger partial charge in [-0.25, -0.2) is 0 Å². The number of oxime groups is 1. The van der Waals surface area contributed by atoms with Crippen molar-refractivity contribution in [3.05, 3.63) is 0 Å². The number of nitrogens with one attached hydrogen (secondary N) is 1. The molecule has 110 valence electrons. The lowest BCUT2D eigenvalue weighted by molar-refractivity contribution is -0.123. The lowest BCUT2D eigenvalue weighted by atomic mass is 10.0. The molecule has 1 atom stereocenters. The number of likely N-dealkylation sites (tertiary alicyclic amines) is 1. The number of nitrogens with zero attached hydrogens (tertiary/aromatic N) is 2. The van der Waals surface area contributed by atoms with Crippen LogP contribution < -0.4 is 11.1 Å². The van der Waals surface area contributed by atoms with Crippen molar-refractivity contribution in [1.29, 1.82) is 0 Å². The van der Waals surface area contributed by atoms with Gasteiger partial charge in [-0.15, -0.1) is 0 Å². The van der Waals surface area contributed by atoms with Crippen molar-refractivity contribution >= 4 is 11.7 Å². The molecular weight excluding hydrogens is 244 g/mol. The Labute approximate surface area is 115 Å². The molecule has 6 heteroatoms. The standard InChI is InChI=1S/C13H26N4O2/c1-2-6-11(12(14)16-19)13(18)15-7-5-10-17-8-3-4-9-17/h11,19H,2-10H2,1H3,(H2,14,16)(H,15,18). The van der Waals surface area contributed by atoms with Crippen LogP contribution in [0.3, 0.4) is 0 Å². The fourth-order valence-corrected chi connectivity index (χ4v) is 2.42. The predicted octanol–water partition coefficient (Wildman–Crippen LogP) is 0.751. The highest BCUT2D eigenvalue weighted by Crippen LogP contribution is 2.08. The molecule has 4 N–H and O–H groups in total. The van der Waals surface area contributed by atoms with E-state index in [-0.39, 0.29) is 11.7 Å². The molecule has 1 aliphatic rings. The lowest BCUT2D eigenvalue weighted by Gasteiger charge is -2.16. The van der Waals surface area contributed by atoms with E-state index in [4.69, 9.17) is 10.9 Å². The topological polar surface area (TPSA) is 91.0 Å². The average molecular weight is 270 g/mol. The molecule has 1 saturated heterocycles. The van der Waals surface area contributed by atoms with Gasteiger partial charge >= 0.3 is 0 Å². The average Bonchev–Trinajstić information content (AvgIpc) is 2.93. The minimum absolute atomic E-state index is 0.00103. The Morgan fingerprint density at radius 1 is 1.47 bits per heavy atom. The monoisotopic (exact) mass is 270 g/mol. The van der Waals surface area contributed by atoms with Crippen LogP contribution in [-0.4, -0.2) is 48.0 Å². The van der Waals surface area contributed by atoms with Crippen molar-refractivity contribution < 1.29 is 10.0 Å². The summed E-state index contributed by atoms with van der Waals surface area (Å²) in [6.07, 6.45) is 4.94. The minimum atomic E-state index is -0.512. The van der Waals surface area contributed by atoms with Gasteiger partial charge in [-0.2, -0.15) is 0 Å². The molecule has 1 unspecified atom stereocenters. The summed E-state index contributed by atoms with van der Waals surface area (Å²) in [5, 5.41) is 14.5. The summed E-state index contributed by atoms with van der Waals surface area (Å²) in [4.78, 5) is 14.3. The van der Waals surface area contributed by atoms with Crippen molar-refractivity contribution in [3.8, 4) is 0 Å². The van der Waals surface area contributed by atoms with Gasteiger partial charge in [-0.3, -0.25) is 4.79 Å². The number of amidine groups is 1. The Bertz CT molecular complexity index is 301. The van der Waals surface area contributed by atoms with Crippen LogP contribution >= 0.6 is 0 Å². The second kappa shape index (κ2) is 8.74. The number of hydrogen-bond donors (Lipinski definition) is 3. The van der Waals surface area contributed by atoms with Gasteiger partial charge in [0.1, 0.15) is 0 Å². The van der Waals surface area contributed by atoms with Gasteiger partial charge < -0.3 is 21.2 Å². The first-order valence-corrected chi connectivity index (χ1v) is 7.16. The molecule has 0 aromatic heterocycles. The number of rotatable bonds is 8. The first-order chi connectivity index (χ1) is 9.19. The highest BCUT2D eigenvalue weighted by molar-refractivity contribution is 6.01. The summed E-state index contributed by atoms with van der Waals surface area (Å²) in [6, 6.07) is 0. The van der Waals surface area contributed by atoms with Gasteiger partial charge in [0.25, 0.3) is 0 Å². The predicted molar refractivity (Wildman–Crippen MR) is 75.1 cm³/mol. The van der Waals surface area contributed by atoms with Gasteiger partial charge in [0, 0.05) is 6.54 Å². The number of amides is 1. The van der Waals surface area contributed by atoms with E-state index in [0.29, 0.717) is 13.0 Å². The Kier molecular flexibility index (Phi) is 7.25. The van der Waals surface area contributed by atoms with Crippen molar-refractivity contribution in [2.24, 2.45) is 16.8 Å². The van der Waals surface area contributed by atoms with Gasteiger partial charge in [0.15, 0.2) is 5.84 Å². The number of nitrogens with two attached hydrogens (primary N) is 1. The number of carbonyl (C=O) groups excluding carboxylic acids is 1. The third-order valence-electron chi connectivity index (χ3n) is 3.52. The zero-order valence-electron chi connectivity index (χ0n) is 11.8. The van der Waals surface area contributed by atoms with Crippen molar-refractivity contribution in [2.45, 2.75) is 39.0 Å². The van der Waals surface area contributed by atoms with Crippen molar-refractivity contribution in [3.63, 3.8) is 0 Å². The maximum absolute atomic E-state index is 11.9. The molecule has 1 rings (SSSR count). The second-order valence-electron chi connectivity index (χ2n) is 5.06. The van der Waals surface area contributed by atoms with Gasteiger partial charge in [0.05, 0.1) is 5.92 Å². The number of carbonyl (C=O) groups is 1. The third-order valence-corrected chi connectivity index (χ3v) is 3.52. The van der Waals surface area contributed by atoms with E-state index in [1.165, 1.54) is 25.9 Å². The molecule has 0 aliphatic carbocycles. The van der Waals surface area contributed by atoms with Crippen LogP contribution in [0.1, 0.15) is 39.0 Å². The fraction of sp³-hybridized carbons (Fsp3) is 0.846. The van der Waals surface area contributed by atoms with E-state index in [1.807, 2.05) is 6.92 Å². The Morgan fingerprint density at radius 3 is 2.74 bits per heavy atom. The van der Waals surface area contributed by atoms with E-state index in [2.05, 4.69) is 15.4 Å². The van der Waals surface area contributed by atoms with E-state index in [9.17, 15) is 4.79 Å². The van der Waals surface area contributed by atoms with Gasteiger partial charge in [-0.05, 0) is 45.3 Å². The van der Waals surface area contributed by atoms with Gasteiger partial charge in [0.2, 0.25) is 5.91 Å². The smallest absolute Gasteiger partial charge is 0.230 e. The van der Waals surface area contributed by atoms with E-state index < -0.39 is 5.92 Å². The summed E-state index contributed by atoms with van der Waals surface area (Å²) < 4.78 is 0. The van der Waals surface area contributed by atoms with Crippen LogP contribution in [0.2, 0.25) is 0 Å². The highest BCUT2D eigenvalue weighted by Gasteiger charge is 2.21. The molecule has 0 saturated carbocycles. The summed E-state index contributed by atoms with van der Waals surface area (Å²) in [5.74, 6) is -0.653. The molecule has 6 nitrogen and oxygen atoms in total. The quantitative estimate of drug-likeness (QED) is 0.199. The highest BCUT2D eigenvalue weighted by atomic mass is 16.4.